The van der Waals surface area contributed by atoms with E-state index >= 15 is 0 Å². The Morgan fingerprint density at radius 2 is 1.95 bits per heavy atom. The van der Waals surface area contributed by atoms with Crippen LogP contribution in [0.4, 0.5) is 0 Å². The number of hydrogen-bond acceptors (Lipinski definition) is 3. The average Bonchev–Trinajstić information content (AvgIpc) is 2.31. The van der Waals surface area contributed by atoms with Gasteiger partial charge in [-0.1, -0.05) is 48.0 Å². The Morgan fingerprint density at radius 1 is 1.26 bits per heavy atom. The van der Waals surface area contributed by atoms with Gasteiger partial charge in [-0.3, -0.25) is 4.90 Å². The Bertz CT molecular complexity index is 371. The summed E-state index contributed by atoms with van der Waals surface area (Å²) in [5.74, 6) is 0.616. The van der Waals surface area contributed by atoms with Crippen LogP contribution in [0.3, 0.4) is 0 Å². The molecule has 0 aliphatic heterocycles. The molecule has 0 saturated heterocycles. The maximum atomic E-state index is 9.96. The smallest absolute Gasteiger partial charge is 0.0791 e. The van der Waals surface area contributed by atoms with E-state index in [1.54, 1.807) is 0 Å². The average molecular weight is 329 g/mol. The largest absolute Gasteiger partial charge is 0.390 e. The second-order valence-corrected chi connectivity index (χ2v) is 6.35. The first-order valence-electron chi connectivity index (χ1n) is 6.79. The van der Waals surface area contributed by atoms with Crippen molar-refractivity contribution >= 4 is 15.9 Å². The zero-order chi connectivity index (χ0) is 14.3. The van der Waals surface area contributed by atoms with E-state index in [2.05, 4.69) is 46.1 Å². The molecule has 2 N–H and O–H groups in total. The summed E-state index contributed by atoms with van der Waals surface area (Å²) in [4.78, 5) is 2.14. The summed E-state index contributed by atoms with van der Waals surface area (Å²) in [5, 5.41) is 13.2. The van der Waals surface area contributed by atoms with Crippen LogP contribution in [0.2, 0.25) is 0 Å². The normalized spacial score (nSPS) is 13.2. The lowest BCUT2D eigenvalue weighted by atomic mass is 10.2. The van der Waals surface area contributed by atoms with E-state index in [0.717, 1.165) is 17.6 Å². The number of nitrogens with one attached hydrogen (secondary N) is 1. The van der Waals surface area contributed by atoms with Gasteiger partial charge in [0, 0.05) is 24.1 Å². The van der Waals surface area contributed by atoms with Gasteiger partial charge in [-0.25, -0.2) is 0 Å². The maximum Gasteiger partial charge on any atom is 0.0791 e. The predicted octanol–water partition coefficient (Wildman–Crippen LogP) is 2.49. The molecule has 0 fully saturated rings. The van der Waals surface area contributed by atoms with Crippen LogP contribution in [-0.2, 0) is 6.54 Å². The van der Waals surface area contributed by atoms with Crippen molar-refractivity contribution in [3.8, 4) is 0 Å². The minimum absolute atomic E-state index is 0.328. The van der Waals surface area contributed by atoms with Gasteiger partial charge < -0.3 is 10.4 Å². The Morgan fingerprint density at radius 3 is 2.58 bits per heavy atom. The molecule has 0 heterocycles. The fourth-order valence-electron chi connectivity index (χ4n) is 1.94. The summed E-state index contributed by atoms with van der Waals surface area (Å²) in [7, 11) is 2.03. The molecule has 0 amide bonds. The van der Waals surface area contributed by atoms with E-state index in [1.807, 2.05) is 25.2 Å². The zero-order valence-electron chi connectivity index (χ0n) is 12.1. The molecule has 1 aromatic rings. The molecule has 3 nitrogen and oxygen atoms in total. The third kappa shape index (κ3) is 7.06. The van der Waals surface area contributed by atoms with Gasteiger partial charge in [0.1, 0.15) is 0 Å². The number of benzene rings is 1. The fourth-order valence-corrected chi connectivity index (χ4v) is 2.36. The highest BCUT2D eigenvalue weighted by molar-refractivity contribution is 9.10. The molecule has 0 saturated carbocycles. The van der Waals surface area contributed by atoms with Gasteiger partial charge in [-0.2, -0.15) is 0 Å². The molecular weight excluding hydrogens is 304 g/mol. The van der Waals surface area contributed by atoms with Gasteiger partial charge in [0.05, 0.1) is 6.10 Å². The van der Waals surface area contributed by atoms with Gasteiger partial charge in [0.15, 0.2) is 0 Å². The lowest BCUT2D eigenvalue weighted by Gasteiger charge is -2.21. The van der Waals surface area contributed by atoms with E-state index in [4.69, 9.17) is 0 Å². The van der Waals surface area contributed by atoms with Crippen molar-refractivity contribution in [2.24, 2.45) is 5.92 Å². The van der Waals surface area contributed by atoms with Gasteiger partial charge in [-0.15, -0.1) is 0 Å². The molecule has 108 valence electrons. The third-order valence-electron chi connectivity index (χ3n) is 2.85. The Balaban J connectivity index is 2.30. The van der Waals surface area contributed by atoms with Crippen LogP contribution in [0.15, 0.2) is 28.7 Å². The summed E-state index contributed by atoms with van der Waals surface area (Å²) in [6, 6.07) is 8.20. The van der Waals surface area contributed by atoms with Crippen LogP contribution in [-0.4, -0.2) is 42.8 Å². The highest BCUT2D eigenvalue weighted by Crippen LogP contribution is 2.17. The second-order valence-electron chi connectivity index (χ2n) is 5.49. The third-order valence-corrected chi connectivity index (χ3v) is 3.63. The second kappa shape index (κ2) is 8.69. The van der Waals surface area contributed by atoms with E-state index in [1.165, 1.54) is 5.56 Å². The molecular formula is C15H25BrN2O. The first-order valence-corrected chi connectivity index (χ1v) is 7.59. The topological polar surface area (TPSA) is 35.5 Å². The maximum absolute atomic E-state index is 9.96. The van der Waals surface area contributed by atoms with E-state index in [9.17, 15) is 5.11 Å². The Kier molecular flexibility index (Phi) is 7.61. The molecule has 1 rings (SSSR count). The van der Waals surface area contributed by atoms with Crippen LogP contribution in [0.5, 0.6) is 0 Å². The van der Waals surface area contributed by atoms with E-state index in [-0.39, 0.29) is 6.10 Å². The Labute approximate surface area is 125 Å². The molecule has 0 aromatic heterocycles. The standard InChI is InChI=1S/C15H25BrN2O/c1-12(2)8-17-9-14(19)11-18(3)10-13-6-4-5-7-15(13)16/h4-7,12,14,17,19H,8-11H2,1-3H3. The zero-order valence-corrected chi connectivity index (χ0v) is 13.7. The van der Waals surface area contributed by atoms with Crippen molar-refractivity contribution in [3.05, 3.63) is 34.3 Å². The summed E-state index contributed by atoms with van der Waals surface area (Å²) in [6.07, 6.45) is -0.328. The lowest BCUT2D eigenvalue weighted by molar-refractivity contribution is 0.120. The van der Waals surface area contributed by atoms with E-state index in [0.29, 0.717) is 19.0 Å². The van der Waals surface area contributed by atoms with Crippen molar-refractivity contribution in [2.45, 2.75) is 26.5 Å². The first kappa shape index (κ1) is 16.6. The van der Waals surface area contributed by atoms with Crippen molar-refractivity contribution in [1.82, 2.24) is 10.2 Å². The van der Waals surface area contributed by atoms with E-state index < -0.39 is 0 Å². The summed E-state index contributed by atoms with van der Waals surface area (Å²) < 4.78 is 1.12. The quantitative estimate of drug-likeness (QED) is 0.769. The van der Waals surface area contributed by atoms with Crippen molar-refractivity contribution in [1.29, 1.82) is 0 Å². The van der Waals surface area contributed by atoms with Crippen LogP contribution in [0, 0.1) is 5.92 Å². The van der Waals surface area contributed by atoms with Gasteiger partial charge in [-0.05, 0) is 31.1 Å². The monoisotopic (exact) mass is 328 g/mol. The van der Waals surface area contributed by atoms with Crippen LogP contribution < -0.4 is 5.32 Å². The van der Waals surface area contributed by atoms with Crippen molar-refractivity contribution < 1.29 is 5.11 Å². The SMILES string of the molecule is CC(C)CNCC(O)CN(C)Cc1ccccc1Br. The molecule has 1 atom stereocenters. The molecule has 1 aromatic carbocycles. The van der Waals surface area contributed by atoms with Crippen LogP contribution >= 0.6 is 15.9 Å². The molecule has 4 heteroatoms. The highest BCUT2D eigenvalue weighted by Gasteiger charge is 2.09. The number of halogens is 1. The lowest BCUT2D eigenvalue weighted by Crippen LogP contribution is -2.37. The highest BCUT2D eigenvalue weighted by atomic mass is 79.9. The molecule has 0 aliphatic carbocycles. The van der Waals surface area contributed by atoms with Crippen molar-refractivity contribution in [2.75, 3.05) is 26.7 Å². The fraction of sp³-hybridized carbons (Fsp3) is 0.600. The van der Waals surface area contributed by atoms with Crippen molar-refractivity contribution in [3.63, 3.8) is 0 Å². The molecule has 1 unspecified atom stereocenters. The minimum atomic E-state index is -0.328. The van der Waals surface area contributed by atoms with Crippen LogP contribution in [0.25, 0.3) is 0 Å². The molecule has 0 aliphatic rings. The van der Waals surface area contributed by atoms with Gasteiger partial charge in [0.25, 0.3) is 0 Å². The number of aliphatic hydroxyl groups excluding tert-OH is 1. The molecule has 0 spiro atoms. The first-order chi connectivity index (χ1) is 8.99. The number of likely N-dealkylation sites (N-methyl/N-ethyl adjacent to an activating group) is 1. The Hall–Kier alpha value is -0.420. The summed E-state index contributed by atoms with van der Waals surface area (Å²) >= 11 is 3.55. The molecule has 0 radical (unpaired) electrons. The molecule has 19 heavy (non-hydrogen) atoms. The van der Waals surface area contributed by atoms with Gasteiger partial charge in [0.2, 0.25) is 0 Å². The molecule has 0 bridgehead atoms. The predicted molar refractivity (Wildman–Crippen MR) is 84.2 cm³/mol. The minimum Gasteiger partial charge on any atom is -0.390 e. The van der Waals surface area contributed by atoms with Gasteiger partial charge >= 0.3 is 0 Å². The number of aliphatic hydroxyl groups is 1. The number of rotatable bonds is 8. The summed E-state index contributed by atoms with van der Waals surface area (Å²) in [5.41, 5.74) is 1.24. The number of hydrogen-bond donors (Lipinski definition) is 2. The van der Waals surface area contributed by atoms with Crippen LogP contribution in [0.1, 0.15) is 19.4 Å². The summed E-state index contributed by atoms with van der Waals surface area (Å²) in [6.45, 7) is 7.44. The number of nitrogens with zero attached hydrogens (tertiary/aromatic N) is 1.